The maximum atomic E-state index is 9.36. The van der Waals surface area contributed by atoms with Gasteiger partial charge in [0.1, 0.15) is 12.3 Å². The number of para-hydroxylation sites is 1. The van der Waals surface area contributed by atoms with Crippen molar-refractivity contribution in [2.24, 2.45) is 0 Å². The van der Waals surface area contributed by atoms with E-state index in [2.05, 4.69) is 61.8 Å². The Morgan fingerprint density at radius 3 is 2.43 bits per heavy atom. The van der Waals surface area contributed by atoms with E-state index >= 15 is 0 Å². The minimum absolute atomic E-state index is 0.0259. The average molecular weight is 306 g/mol. The van der Waals surface area contributed by atoms with Crippen LogP contribution in [0.4, 0.5) is 5.69 Å². The summed E-state index contributed by atoms with van der Waals surface area (Å²) in [6.07, 6.45) is 5.35. The van der Waals surface area contributed by atoms with Crippen molar-refractivity contribution in [3.63, 3.8) is 0 Å². The molecule has 0 spiro atoms. The van der Waals surface area contributed by atoms with Crippen molar-refractivity contribution in [3.8, 4) is 5.75 Å². The third kappa shape index (κ3) is 2.81. The Balaban J connectivity index is 1.89. The lowest BCUT2D eigenvalue weighted by Gasteiger charge is -2.15. The molecular formula is C21H24NO+. The molecule has 1 N–H and O–H groups in total. The van der Waals surface area contributed by atoms with Gasteiger partial charge < -0.3 is 5.11 Å². The highest BCUT2D eigenvalue weighted by Gasteiger charge is 2.43. The summed E-state index contributed by atoms with van der Waals surface area (Å²) in [6, 6.07) is 16.1. The fourth-order valence-corrected chi connectivity index (χ4v) is 3.42. The van der Waals surface area contributed by atoms with Crippen LogP contribution in [-0.2, 0) is 11.8 Å². The van der Waals surface area contributed by atoms with Crippen molar-refractivity contribution < 1.29 is 9.68 Å². The molecule has 1 heterocycles. The quantitative estimate of drug-likeness (QED) is 0.821. The second-order valence-corrected chi connectivity index (χ2v) is 6.54. The Morgan fingerprint density at radius 1 is 1.04 bits per heavy atom. The molecule has 3 rings (SSSR count). The summed E-state index contributed by atoms with van der Waals surface area (Å²) in [5.74, 6) is 0.316. The van der Waals surface area contributed by atoms with E-state index in [0.29, 0.717) is 5.75 Å². The van der Waals surface area contributed by atoms with Gasteiger partial charge in [-0.15, -0.1) is 0 Å². The van der Waals surface area contributed by atoms with Crippen molar-refractivity contribution in [2.45, 2.75) is 32.6 Å². The summed E-state index contributed by atoms with van der Waals surface area (Å²) < 4.78 is 2.41. The molecule has 1 aliphatic rings. The van der Waals surface area contributed by atoms with Gasteiger partial charge in [0, 0.05) is 17.7 Å². The third-order valence-electron chi connectivity index (χ3n) is 4.68. The Kier molecular flexibility index (Phi) is 4.08. The summed E-state index contributed by atoms with van der Waals surface area (Å²) in [5, 5.41) is 9.36. The minimum atomic E-state index is 0.0259. The van der Waals surface area contributed by atoms with E-state index in [1.54, 1.807) is 12.1 Å². The molecule has 0 fully saturated rings. The molecule has 2 heteroatoms. The first-order chi connectivity index (χ1) is 11.0. The molecule has 2 aromatic carbocycles. The molecule has 0 bridgehead atoms. The van der Waals surface area contributed by atoms with Crippen LogP contribution in [0.2, 0.25) is 0 Å². The Morgan fingerprint density at radius 2 is 1.74 bits per heavy atom. The molecule has 1 aliphatic heterocycles. The number of hydrogen-bond donors (Lipinski definition) is 1. The molecule has 118 valence electrons. The smallest absolute Gasteiger partial charge is 0.209 e. The number of rotatable bonds is 4. The molecule has 0 aliphatic carbocycles. The number of allylic oxidation sites excluding steroid dienone is 2. The Bertz CT molecular complexity index is 767. The zero-order valence-corrected chi connectivity index (χ0v) is 14.1. The van der Waals surface area contributed by atoms with E-state index in [9.17, 15) is 5.11 Å². The number of nitrogens with zero attached hydrogens (tertiary/aromatic N) is 1. The molecule has 0 aromatic heterocycles. The van der Waals surface area contributed by atoms with Crippen LogP contribution in [0.1, 0.15) is 31.9 Å². The summed E-state index contributed by atoms with van der Waals surface area (Å²) in [4.78, 5) is 0. The molecular weight excluding hydrogens is 282 g/mol. The van der Waals surface area contributed by atoms with Gasteiger partial charge in [-0.05, 0) is 44.9 Å². The Labute approximate surface area is 138 Å². The monoisotopic (exact) mass is 306 g/mol. The van der Waals surface area contributed by atoms with E-state index in [0.717, 1.165) is 13.0 Å². The lowest BCUT2D eigenvalue weighted by atomic mass is 9.81. The van der Waals surface area contributed by atoms with Gasteiger partial charge in [-0.3, -0.25) is 0 Å². The maximum Gasteiger partial charge on any atom is 0.209 e. The van der Waals surface area contributed by atoms with Crippen molar-refractivity contribution in [1.82, 2.24) is 0 Å². The van der Waals surface area contributed by atoms with Gasteiger partial charge in [-0.25, -0.2) is 0 Å². The van der Waals surface area contributed by atoms with E-state index in [4.69, 9.17) is 0 Å². The standard InChI is InChI=1S/C21H23NO/c1-4-22-19-10-6-5-9-18(19)21(2,3)20(22)11-7-8-16-12-14-17(23)15-13-16/h5-7,9-15H,4,8H2,1-3H3/p+1/b11-7+. The first-order valence-electron chi connectivity index (χ1n) is 8.23. The molecule has 0 atom stereocenters. The normalized spacial score (nSPS) is 16.1. The van der Waals surface area contributed by atoms with Crippen LogP contribution in [0.5, 0.6) is 5.75 Å². The predicted octanol–water partition coefficient (Wildman–Crippen LogP) is 4.59. The summed E-state index contributed by atoms with van der Waals surface area (Å²) >= 11 is 0. The van der Waals surface area contributed by atoms with Gasteiger partial charge in [0.05, 0.1) is 5.41 Å². The highest BCUT2D eigenvalue weighted by Crippen LogP contribution is 2.39. The van der Waals surface area contributed by atoms with E-state index in [1.807, 2.05) is 12.1 Å². The number of phenolic OH excluding ortho intramolecular Hbond substituents is 1. The SMILES string of the molecule is CC[N+]1=C(/C=C/Cc2ccc(O)cc2)C(C)(C)c2ccccc21. The summed E-state index contributed by atoms with van der Waals surface area (Å²) in [7, 11) is 0. The van der Waals surface area contributed by atoms with E-state index < -0.39 is 0 Å². The first-order valence-corrected chi connectivity index (χ1v) is 8.23. The lowest BCUT2D eigenvalue weighted by molar-refractivity contribution is -0.433. The molecule has 0 unspecified atom stereocenters. The van der Waals surface area contributed by atoms with Crippen LogP contribution in [0, 0.1) is 0 Å². The van der Waals surface area contributed by atoms with Gasteiger partial charge in [-0.2, -0.15) is 4.58 Å². The fourth-order valence-electron chi connectivity index (χ4n) is 3.42. The Hall–Kier alpha value is -2.35. The van der Waals surface area contributed by atoms with E-state index in [-0.39, 0.29) is 5.41 Å². The van der Waals surface area contributed by atoms with Crippen LogP contribution >= 0.6 is 0 Å². The highest BCUT2D eigenvalue weighted by molar-refractivity contribution is 6.03. The van der Waals surface area contributed by atoms with Crippen molar-refractivity contribution >= 4 is 11.4 Å². The van der Waals surface area contributed by atoms with Crippen LogP contribution in [0.15, 0.2) is 60.7 Å². The number of fused-ring (bicyclic) bond motifs is 1. The molecule has 0 saturated carbocycles. The van der Waals surface area contributed by atoms with Crippen LogP contribution in [-0.4, -0.2) is 21.9 Å². The van der Waals surface area contributed by atoms with Crippen LogP contribution in [0.3, 0.4) is 0 Å². The van der Waals surface area contributed by atoms with Crippen molar-refractivity contribution in [3.05, 3.63) is 71.8 Å². The highest BCUT2D eigenvalue weighted by atomic mass is 16.3. The van der Waals surface area contributed by atoms with Crippen molar-refractivity contribution in [1.29, 1.82) is 0 Å². The average Bonchev–Trinajstić information content (AvgIpc) is 2.77. The first kappa shape index (κ1) is 15.5. The maximum absolute atomic E-state index is 9.36. The summed E-state index contributed by atoms with van der Waals surface area (Å²) in [5.41, 5.74) is 5.30. The molecule has 23 heavy (non-hydrogen) atoms. The second-order valence-electron chi connectivity index (χ2n) is 6.54. The van der Waals surface area contributed by atoms with Crippen molar-refractivity contribution in [2.75, 3.05) is 6.54 Å². The molecule has 2 nitrogen and oxygen atoms in total. The second kappa shape index (κ2) is 6.04. The van der Waals surface area contributed by atoms with Gasteiger partial charge in [0.2, 0.25) is 5.69 Å². The van der Waals surface area contributed by atoms with Crippen LogP contribution in [0.25, 0.3) is 0 Å². The number of benzene rings is 2. The molecule has 0 saturated heterocycles. The summed E-state index contributed by atoms with van der Waals surface area (Å²) in [6.45, 7) is 7.76. The van der Waals surface area contributed by atoms with Gasteiger partial charge in [0.15, 0.2) is 5.71 Å². The molecule has 0 amide bonds. The zero-order valence-electron chi connectivity index (χ0n) is 14.1. The number of phenols is 1. The van der Waals surface area contributed by atoms with Gasteiger partial charge in [0.25, 0.3) is 0 Å². The van der Waals surface area contributed by atoms with Gasteiger partial charge in [-0.1, -0.05) is 36.4 Å². The van der Waals surface area contributed by atoms with Crippen LogP contribution < -0.4 is 0 Å². The lowest BCUT2D eigenvalue weighted by Crippen LogP contribution is -2.27. The largest absolute Gasteiger partial charge is 0.508 e. The third-order valence-corrected chi connectivity index (χ3v) is 4.68. The van der Waals surface area contributed by atoms with Gasteiger partial charge >= 0.3 is 0 Å². The number of hydrogen-bond acceptors (Lipinski definition) is 1. The molecule has 2 aromatic rings. The predicted molar refractivity (Wildman–Crippen MR) is 95.9 cm³/mol. The fraction of sp³-hybridized carbons (Fsp3) is 0.286. The molecule has 0 radical (unpaired) electrons. The van der Waals surface area contributed by atoms with E-state index in [1.165, 1.54) is 22.5 Å². The minimum Gasteiger partial charge on any atom is -0.508 e. The zero-order chi connectivity index (χ0) is 16.4. The number of aromatic hydroxyl groups is 1. The topological polar surface area (TPSA) is 23.2 Å².